The van der Waals surface area contributed by atoms with Gasteiger partial charge in [0.05, 0.1) is 11.7 Å². The first-order valence-corrected chi connectivity index (χ1v) is 7.57. The third-order valence-electron chi connectivity index (χ3n) is 4.98. The standard InChI is InChI=1S/C16H21BrO2/c1-15(18)14-9-12(17)4-3-11(14)10-16(15)7-5-13(19-2)6-8-16/h3-4,9,13,18H,5-8,10H2,1-2H3/t13-,15?,16-/i1D3. The lowest BCUT2D eigenvalue weighted by Crippen LogP contribution is -2.44. The van der Waals surface area contributed by atoms with Gasteiger partial charge in [-0.25, -0.2) is 0 Å². The van der Waals surface area contributed by atoms with Gasteiger partial charge in [-0.05, 0) is 62.2 Å². The molecule has 0 radical (unpaired) electrons. The van der Waals surface area contributed by atoms with Crippen LogP contribution in [0.3, 0.4) is 0 Å². The molecule has 1 saturated carbocycles. The van der Waals surface area contributed by atoms with Crippen molar-refractivity contribution in [1.82, 2.24) is 0 Å². The highest BCUT2D eigenvalue weighted by atomic mass is 79.9. The second kappa shape index (κ2) is 4.57. The lowest BCUT2D eigenvalue weighted by Gasteiger charge is -2.45. The highest BCUT2D eigenvalue weighted by molar-refractivity contribution is 9.10. The minimum atomic E-state index is -2.45. The third kappa shape index (κ3) is 1.98. The van der Waals surface area contributed by atoms with Crippen LogP contribution in [0.2, 0.25) is 0 Å². The van der Waals surface area contributed by atoms with Gasteiger partial charge in [0.15, 0.2) is 0 Å². The first-order valence-electron chi connectivity index (χ1n) is 8.28. The van der Waals surface area contributed by atoms with Crippen molar-refractivity contribution in [2.24, 2.45) is 5.41 Å². The van der Waals surface area contributed by atoms with Crippen LogP contribution < -0.4 is 0 Å². The van der Waals surface area contributed by atoms with Crippen LogP contribution in [0, 0.1) is 5.41 Å². The molecule has 1 unspecified atom stereocenters. The Balaban J connectivity index is 2.09. The van der Waals surface area contributed by atoms with Crippen LogP contribution in [0.15, 0.2) is 22.7 Å². The summed E-state index contributed by atoms with van der Waals surface area (Å²) in [6.07, 6.45) is 3.73. The van der Waals surface area contributed by atoms with Crippen LogP contribution in [0.1, 0.15) is 47.8 Å². The molecule has 0 bridgehead atoms. The molecule has 19 heavy (non-hydrogen) atoms. The molecule has 2 aliphatic rings. The fraction of sp³-hybridized carbons (Fsp3) is 0.625. The lowest BCUT2D eigenvalue weighted by molar-refractivity contribution is -0.102. The van der Waals surface area contributed by atoms with Crippen molar-refractivity contribution in [3.63, 3.8) is 0 Å². The van der Waals surface area contributed by atoms with E-state index in [4.69, 9.17) is 8.85 Å². The van der Waals surface area contributed by atoms with Crippen LogP contribution in [0.5, 0.6) is 0 Å². The number of methoxy groups -OCH3 is 1. The fourth-order valence-corrected chi connectivity index (χ4v) is 4.10. The van der Waals surface area contributed by atoms with Gasteiger partial charge in [0.2, 0.25) is 0 Å². The number of fused-ring (bicyclic) bond motifs is 1. The van der Waals surface area contributed by atoms with Gasteiger partial charge in [-0.2, -0.15) is 0 Å². The summed E-state index contributed by atoms with van der Waals surface area (Å²) >= 11 is 3.40. The van der Waals surface area contributed by atoms with E-state index in [9.17, 15) is 5.11 Å². The number of rotatable bonds is 1. The Morgan fingerprint density at radius 3 is 2.79 bits per heavy atom. The molecule has 1 fully saturated rings. The van der Waals surface area contributed by atoms with Gasteiger partial charge < -0.3 is 9.84 Å². The van der Waals surface area contributed by atoms with Crippen molar-refractivity contribution >= 4 is 15.9 Å². The maximum absolute atomic E-state index is 11.4. The van der Waals surface area contributed by atoms with E-state index in [0.29, 0.717) is 24.8 Å². The third-order valence-corrected chi connectivity index (χ3v) is 5.47. The average Bonchev–Trinajstić information content (AvgIpc) is 2.70. The minimum absolute atomic E-state index is 0.168. The predicted molar refractivity (Wildman–Crippen MR) is 79.1 cm³/mol. The summed E-state index contributed by atoms with van der Waals surface area (Å²) in [5, 5.41) is 11.4. The Morgan fingerprint density at radius 1 is 1.42 bits per heavy atom. The van der Waals surface area contributed by atoms with Crippen molar-refractivity contribution in [2.75, 3.05) is 7.11 Å². The molecule has 0 heterocycles. The smallest absolute Gasteiger partial charge is 0.0930 e. The molecular weight excluding hydrogens is 304 g/mol. The Hall–Kier alpha value is -0.380. The summed E-state index contributed by atoms with van der Waals surface area (Å²) in [6.45, 7) is -2.45. The van der Waals surface area contributed by atoms with Crippen molar-refractivity contribution in [3.05, 3.63) is 33.8 Å². The summed E-state index contributed by atoms with van der Waals surface area (Å²) in [5.74, 6) is 0. The molecule has 0 aliphatic heterocycles. The molecule has 1 atom stereocenters. The molecule has 2 nitrogen and oxygen atoms in total. The summed E-state index contributed by atoms with van der Waals surface area (Å²) < 4.78 is 30.3. The number of hydrogen-bond acceptors (Lipinski definition) is 2. The van der Waals surface area contributed by atoms with Crippen molar-refractivity contribution < 1.29 is 14.0 Å². The first kappa shape index (κ1) is 10.4. The molecule has 0 amide bonds. The first-order chi connectivity index (χ1) is 10.2. The normalized spacial score (nSPS) is 40.6. The average molecular weight is 328 g/mol. The van der Waals surface area contributed by atoms with Gasteiger partial charge in [0.1, 0.15) is 0 Å². The van der Waals surface area contributed by atoms with Crippen molar-refractivity contribution in [3.8, 4) is 0 Å². The molecule has 3 heteroatoms. The zero-order valence-corrected chi connectivity index (χ0v) is 12.7. The van der Waals surface area contributed by atoms with E-state index in [0.717, 1.165) is 22.9 Å². The molecule has 1 spiro atoms. The van der Waals surface area contributed by atoms with Crippen LogP contribution in [0.4, 0.5) is 0 Å². The molecule has 0 aromatic heterocycles. The molecule has 3 rings (SSSR count). The number of hydrogen-bond donors (Lipinski definition) is 1. The topological polar surface area (TPSA) is 29.5 Å². The minimum Gasteiger partial charge on any atom is -0.385 e. The largest absolute Gasteiger partial charge is 0.385 e. The highest BCUT2D eigenvalue weighted by Gasteiger charge is 2.54. The Morgan fingerprint density at radius 2 is 2.16 bits per heavy atom. The lowest BCUT2D eigenvalue weighted by atomic mass is 9.64. The van der Waals surface area contributed by atoms with Gasteiger partial charge in [-0.3, -0.25) is 0 Å². The molecule has 0 saturated heterocycles. The summed E-state index contributed by atoms with van der Waals surface area (Å²) in [4.78, 5) is 0. The zero-order chi connectivity index (χ0) is 16.2. The molecule has 1 aromatic carbocycles. The second-order valence-corrected chi connectivity index (χ2v) is 6.82. The molecule has 1 N–H and O–H groups in total. The Labute approximate surface area is 127 Å². The fourth-order valence-electron chi connectivity index (χ4n) is 3.74. The van der Waals surface area contributed by atoms with E-state index in [1.807, 2.05) is 12.1 Å². The van der Waals surface area contributed by atoms with Crippen molar-refractivity contribution in [1.29, 1.82) is 0 Å². The number of aliphatic hydroxyl groups is 1. The zero-order valence-electron chi connectivity index (χ0n) is 14.1. The van der Waals surface area contributed by atoms with E-state index in [1.165, 1.54) is 0 Å². The Bertz CT molecular complexity index is 579. The van der Waals surface area contributed by atoms with Crippen LogP contribution in [-0.4, -0.2) is 18.3 Å². The maximum atomic E-state index is 11.4. The van der Waals surface area contributed by atoms with E-state index in [2.05, 4.69) is 15.9 Å². The number of benzene rings is 1. The summed E-state index contributed by atoms with van der Waals surface area (Å²) in [5.41, 5.74) is -0.871. The Kier molecular flexibility index (Phi) is 2.49. The van der Waals surface area contributed by atoms with Gasteiger partial charge in [-0.15, -0.1) is 0 Å². The monoisotopic (exact) mass is 327 g/mol. The van der Waals surface area contributed by atoms with Crippen LogP contribution in [0.25, 0.3) is 0 Å². The summed E-state index contributed by atoms with van der Waals surface area (Å²) in [6, 6.07) is 5.63. The molecule has 1 aromatic rings. The predicted octanol–water partition coefficient (Wildman–Crippen LogP) is 3.79. The van der Waals surface area contributed by atoms with E-state index < -0.39 is 17.9 Å². The van der Waals surface area contributed by atoms with E-state index in [1.54, 1.807) is 13.2 Å². The number of halogens is 1. The van der Waals surface area contributed by atoms with Crippen molar-refractivity contribution in [2.45, 2.75) is 50.7 Å². The van der Waals surface area contributed by atoms with Gasteiger partial charge >= 0.3 is 0 Å². The highest BCUT2D eigenvalue weighted by Crippen LogP contribution is 2.57. The number of ether oxygens (including phenoxy) is 1. The van der Waals surface area contributed by atoms with Crippen LogP contribution in [-0.2, 0) is 16.8 Å². The van der Waals surface area contributed by atoms with Gasteiger partial charge in [-0.1, -0.05) is 22.0 Å². The second-order valence-electron chi connectivity index (χ2n) is 5.90. The van der Waals surface area contributed by atoms with Gasteiger partial charge in [0, 0.05) is 21.1 Å². The SMILES string of the molecule is [2H]C([2H])([2H])C1(O)c2cc(Br)ccc2C[C@]12CC[C@@H](OC)CC2. The van der Waals surface area contributed by atoms with Crippen LogP contribution >= 0.6 is 15.9 Å². The maximum Gasteiger partial charge on any atom is 0.0930 e. The van der Waals surface area contributed by atoms with E-state index in [-0.39, 0.29) is 6.10 Å². The van der Waals surface area contributed by atoms with Gasteiger partial charge in [0.25, 0.3) is 0 Å². The van der Waals surface area contributed by atoms with E-state index >= 15 is 0 Å². The quantitative estimate of drug-likeness (QED) is 0.850. The summed E-state index contributed by atoms with van der Waals surface area (Å²) in [7, 11) is 1.69. The molecule has 2 aliphatic carbocycles. The molecular formula is C16H21BrO2. The molecule has 104 valence electrons.